The number of hydrogen-bond acceptors (Lipinski definition) is 7. The lowest BCUT2D eigenvalue weighted by atomic mass is 9.90. The number of benzene rings is 1. The first-order valence-corrected chi connectivity index (χ1v) is 5.63. The summed E-state index contributed by atoms with van der Waals surface area (Å²) in [6.45, 7) is 0.165. The second-order valence-corrected chi connectivity index (χ2v) is 4.60. The van der Waals surface area contributed by atoms with Crippen molar-refractivity contribution in [2.75, 3.05) is 18.0 Å². The van der Waals surface area contributed by atoms with Gasteiger partial charge in [0.25, 0.3) is 11.4 Å². The first-order valence-electron chi connectivity index (χ1n) is 5.63. The summed E-state index contributed by atoms with van der Waals surface area (Å²) in [5, 5.41) is 40.0. The van der Waals surface area contributed by atoms with Crippen LogP contribution in [-0.4, -0.2) is 33.6 Å². The van der Waals surface area contributed by atoms with Crippen LogP contribution >= 0.6 is 0 Å². The predicted octanol–water partition coefficient (Wildman–Crippen LogP) is 0.968. The maximum absolute atomic E-state index is 11.0. The molecule has 1 aliphatic rings. The number of nitrogens with zero attached hydrogens (tertiary/aromatic N) is 4. The van der Waals surface area contributed by atoms with Crippen LogP contribution in [0.1, 0.15) is 6.42 Å². The smallest absolute Gasteiger partial charge is 0.299 e. The van der Waals surface area contributed by atoms with Crippen molar-refractivity contribution < 1.29 is 15.0 Å². The summed E-state index contributed by atoms with van der Waals surface area (Å²) in [5.74, 6) is 0. The molecule has 0 saturated carbocycles. The van der Waals surface area contributed by atoms with E-state index in [1.54, 1.807) is 0 Å². The summed E-state index contributed by atoms with van der Waals surface area (Å²) in [5.41, 5.74) is -1.74. The van der Waals surface area contributed by atoms with Crippen molar-refractivity contribution in [2.45, 2.75) is 12.0 Å². The molecule has 20 heavy (non-hydrogen) atoms. The summed E-state index contributed by atoms with van der Waals surface area (Å²) in [7, 11) is 0. The quantitative estimate of drug-likeness (QED) is 0.640. The summed E-state index contributed by atoms with van der Waals surface area (Å²) in [6.07, 6.45) is -0.0652. The molecule has 0 radical (unpaired) electrons. The number of non-ortho nitro benzene ring substituents is 1. The first kappa shape index (κ1) is 13.7. The van der Waals surface area contributed by atoms with E-state index in [-0.39, 0.29) is 30.9 Å². The maximum Gasteiger partial charge on any atom is 0.299 e. The van der Waals surface area contributed by atoms with E-state index in [4.69, 9.17) is 5.26 Å². The molecule has 1 N–H and O–H groups in total. The van der Waals surface area contributed by atoms with Gasteiger partial charge in [0.15, 0.2) is 0 Å². The molecule has 9 nitrogen and oxygen atoms in total. The number of anilines is 1. The lowest BCUT2D eigenvalue weighted by Gasteiger charge is -2.46. The van der Waals surface area contributed by atoms with Crippen LogP contribution in [-0.2, 0) is 0 Å². The Morgan fingerprint density at radius 2 is 2.00 bits per heavy atom. The fourth-order valence-electron chi connectivity index (χ4n) is 2.13. The van der Waals surface area contributed by atoms with Crippen LogP contribution in [0.25, 0.3) is 0 Å². The van der Waals surface area contributed by atoms with Crippen LogP contribution in [0.15, 0.2) is 18.2 Å². The highest BCUT2D eigenvalue weighted by atomic mass is 16.6. The van der Waals surface area contributed by atoms with Gasteiger partial charge in [0.2, 0.25) is 0 Å². The Morgan fingerprint density at radius 3 is 2.50 bits per heavy atom. The molecule has 2 rings (SSSR count). The molecule has 0 atom stereocenters. The molecule has 0 aliphatic carbocycles. The fraction of sp³-hybridized carbons (Fsp3) is 0.364. The average Bonchev–Trinajstić information content (AvgIpc) is 2.35. The summed E-state index contributed by atoms with van der Waals surface area (Å²) < 4.78 is 0. The summed E-state index contributed by atoms with van der Waals surface area (Å²) in [4.78, 5) is 21.7. The van der Waals surface area contributed by atoms with Gasteiger partial charge in [-0.15, -0.1) is 0 Å². The van der Waals surface area contributed by atoms with E-state index in [2.05, 4.69) is 0 Å². The zero-order valence-corrected chi connectivity index (χ0v) is 10.2. The molecule has 0 unspecified atom stereocenters. The lowest BCUT2D eigenvalue weighted by molar-refractivity contribution is -0.393. The van der Waals surface area contributed by atoms with E-state index in [0.29, 0.717) is 0 Å². The zero-order valence-electron chi connectivity index (χ0n) is 10.2. The number of hydrogen-bond donors (Lipinski definition) is 1. The number of rotatable bonds is 4. The van der Waals surface area contributed by atoms with Crippen LogP contribution in [0, 0.1) is 31.6 Å². The Morgan fingerprint density at radius 1 is 1.35 bits per heavy atom. The second-order valence-electron chi connectivity index (χ2n) is 4.60. The Balaban J connectivity index is 2.28. The molecule has 1 saturated heterocycles. The molecule has 1 aliphatic heterocycles. The average molecular weight is 278 g/mol. The molecular weight excluding hydrogens is 268 g/mol. The van der Waals surface area contributed by atoms with E-state index in [0.717, 1.165) is 6.07 Å². The topological polar surface area (TPSA) is 134 Å². The van der Waals surface area contributed by atoms with Crippen molar-refractivity contribution in [1.82, 2.24) is 0 Å². The van der Waals surface area contributed by atoms with E-state index in [1.807, 2.05) is 6.07 Å². The monoisotopic (exact) mass is 278 g/mol. The van der Waals surface area contributed by atoms with Crippen molar-refractivity contribution in [1.29, 1.82) is 5.26 Å². The molecule has 1 fully saturated rings. The minimum absolute atomic E-state index is 0.0652. The standard InChI is InChI=1S/C11H10N4O5/c12-4-3-11(16)6-13(7-11)9-2-1-8(14(17)18)5-10(9)15(19)20/h1-2,5,16H,3,6-7H2. The van der Waals surface area contributed by atoms with Gasteiger partial charge in [0.1, 0.15) is 11.3 Å². The predicted molar refractivity (Wildman–Crippen MR) is 67.1 cm³/mol. The number of nitro groups is 2. The molecule has 0 aromatic heterocycles. The van der Waals surface area contributed by atoms with Crippen molar-refractivity contribution in [2.24, 2.45) is 0 Å². The highest BCUT2D eigenvalue weighted by molar-refractivity contribution is 5.68. The molecule has 0 bridgehead atoms. The minimum Gasteiger partial charge on any atom is -0.385 e. The van der Waals surface area contributed by atoms with Gasteiger partial charge in [-0.1, -0.05) is 0 Å². The fourth-order valence-corrected chi connectivity index (χ4v) is 2.13. The van der Waals surface area contributed by atoms with Gasteiger partial charge in [0, 0.05) is 19.2 Å². The van der Waals surface area contributed by atoms with Crippen LogP contribution in [0.5, 0.6) is 0 Å². The maximum atomic E-state index is 11.0. The van der Waals surface area contributed by atoms with E-state index in [1.165, 1.54) is 17.0 Å². The number of nitriles is 1. The Labute approximate surface area is 113 Å². The third-order valence-electron chi connectivity index (χ3n) is 3.09. The Hall–Kier alpha value is -2.73. The van der Waals surface area contributed by atoms with Crippen molar-refractivity contribution in [3.05, 3.63) is 38.4 Å². The molecule has 104 valence electrons. The third-order valence-corrected chi connectivity index (χ3v) is 3.09. The number of aliphatic hydroxyl groups is 1. The van der Waals surface area contributed by atoms with E-state index in [9.17, 15) is 25.3 Å². The zero-order chi connectivity index (χ0) is 14.9. The van der Waals surface area contributed by atoms with Crippen LogP contribution in [0.4, 0.5) is 17.1 Å². The van der Waals surface area contributed by atoms with Crippen molar-refractivity contribution in [3.8, 4) is 6.07 Å². The number of β-amino-alcohol motifs (C(OH)–C–C–N with tert-alkyl or cyclic N) is 1. The Kier molecular flexibility index (Phi) is 3.25. The molecule has 1 aromatic rings. The van der Waals surface area contributed by atoms with E-state index < -0.39 is 21.1 Å². The first-order chi connectivity index (χ1) is 9.36. The van der Waals surface area contributed by atoms with Gasteiger partial charge in [-0.3, -0.25) is 20.2 Å². The molecule has 1 aromatic carbocycles. The van der Waals surface area contributed by atoms with Gasteiger partial charge >= 0.3 is 0 Å². The van der Waals surface area contributed by atoms with Crippen molar-refractivity contribution >= 4 is 17.1 Å². The number of nitro benzene ring substituents is 2. The van der Waals surface area contributed by atoms with Gasteiger partial charge < -0.3 is 10.0 Å². The second kappa shape index (κ2) is 4.75. The van der Waals surface area contributed by atoms with Gasteiger partial charge in [-0.2, -0.15) is 5.26 Å². The normalized spacial score (nSPS) is 16.1. The van der Waals surface area contributed by atoms with Crippen LogP contribution in [0.3, 0.4) is 0 Å². The SMILES string of the molecule is N#CCC1(O)CN(c2ccc([N+](=O)[O-])cc2[N+](=O)[O-])C1. The van der Waals surface area contributed by atoms with Gasteiger partial charge in [-0.05, 0) is 6.07 Å². The van der Waals surface area contributed by atoms with Crippen LogP contribution < -0.4 is 4.90 Å². The highest BCUT2D eigenvalue weighted by Gasteiger charge is 2.43. The third kappa shape index (κ3) is 2.36. The van der Waals surface area contributed by atoms with Gasteiger partial charge in [0.05, 0.1) is 28.4 Å². The lowest BCUT2D eigenvalue weighted by Crippen LogP contribution is -2.61. The van der Waals surface area contributed by atoms with E-state index >= 15 is 0 Å². The molecule has 9 heteroatoms. The summed E-state index contributed by atoms with van der Waals surface area (Å²) >= 11 is 0. The minimum atomic E-state index is -1.18. The van der Waals surface area contributed by atoms with Gasteiger partial charge in [-0.25, -0.2) is 0 Å². The van der Waals surface area contributed by atoms with Crippen LogP contribution in [0.2, 0.25) is 0 Å². The Bertz CT molecular complexity index is 618. The van der Waals surface area contributed by atoms with Crippen molar-refractivity contribution in [3.63, 3.8) is 0 Å². The highest BCUT2D eigenvalue weighted by Crippen LogP contribution is 2.37. The molecule has 0 amide bonds. The summed E-state index contributed by atoms with van der Waals surface area (Å²) in [6, 6.07) is 5.18. The molecule has 1 heterocycles. The molecular formula is C11H10N4O5. The largest absolute Gasteiger partial charge is 0.385 e. The molecule has 0 spiro atoms.